The second-order valence-corrected chi connectivity index (χ2v) is 3.66. The Labute approximate surface area is 125 Å². The van der Waals surface area contributed by atoms with E-state index in [0.717, 1.165) is 0 Å². The molecule has 0 fully saturated rings. The minimum atomic E-state index is -0.333. The van der Waals surface area contributed by atoms with Gasteiger partial charge in [0.15, 0.2) is 0 Å². The first-order chi connectivity index (χ1) is 9.20. The van der Waals surface area contributed by atoms with Gasteiger partial charge in [-0.15, -0.1) is 0 Å². The predicted octanol–water partition coefficient (Wildman–Crippen LogP) is -2.74. The van der Waals surface area contributed by atoms with Gasteiger partial charge in [0.2, 0.25) is 23.6 Å². The maximum Gasteiger partial charge on any atom is 0.214 e. The van der Waals surface area contributed by atoms with Crippen LogP contribution in [0, 0.1) is 0 Å². The molecule has 0 heterocycles. The van der Waals surface area contributed by atoms with Crippen molar-refractivity contribution in [2.45, 2.75) is 40.7 Å². The summed E-state index contributed by atoms with van der Waals surface area (Å²) in [6.07, 6.45) is 0. The Morgan fingerprint density at radius 2 is 0.762 bits per heavy atom. The number of carbonyl (C=O) groups is 4. The standard InChI is InChI=1S/C3H10N2.4C2H5NO/c1-3(5)2-4;4*1-2(3)4/h3H,2,4-5H2,1H3;4*1H3,(H2,3,4). The van der Waals surface area contributed by atoms with E-state index >= 15 is 0 Å². The van der Waals surface area contributed by atoms with Crippen LogP contribution in [-0.2, 0) is 19.2 Å². The van der Waals surface area contributed by atoms with Gasteiger partial charge >= 0.3 is 0 Å². The summed E-state index contributed by atoms with van der Waals surface area (Å²) in [6, 6.07) is 0.162. The van der Waals surface area contributed by atoms with Gasteiger partial charge in [0.05, 0.1) is 0 Å². The van der Waals surface area contributed by atoms with Gasteiger partial charge in [0.1, 0.15) is 0 Å². The lowest BCUT2D eigenvalue weighted by Crippen LogP contribution is -2.25. The Hall–Kier alpha value is -2.20. The average molecular weight is 310 g/mol. The zero-order valence-corrected chi connectivity index (χ0v) is 13.4. The zero-order valence-electron chi connectivity index (χ0n) is 13.4. The van der Waals surface area contributed by atoms with E-state index in [1.54, 1.807) is 0 Å². The summed E-state index contributed by atoms with van der Waals surface area (Å²) in [7, 11) is 0. The summed E-state index contributed by atoms with van der Waals surface area (Å²) in [6.45, 7) is 7.68. The molecule has 0 aliphatic rings. The van der Waals surface area contributed by atoms with Crippen LogP contribution in [0.25, 0.3) is 0 Å². The lowest BCUT2D eigenvalue weighted by atomic mass is 10.4. The highest BCUT2D eigenvalue weighted by atomic mass is 16.2. The third-order valence-corrected chi connectivity index (χ3v) is 0.372. The summed E-state index contributed by atoms with van der Waals surface area (Å²) in [5.41, 5.74) is 28.1. The van der Waals surface area contributed by atoms with Gasteiger partial charge in [-0.05, 0) is 6.92 Å². The monoisotopic (exact) mass is 310 g/mol. The van der Waals surface area contributed by atoms with E-state index in [0.29, 0.717) is 6.54 Å². The number of amides is 4. The summed E-state index contributed by atoms with van der Waals surface area (Å²) in [5, 5.41) is 0. The number of hydrogen-bond donors (Lipinski definition) is 6. The highest BCUT2D eigenvalue weighted by Gasteiger charge is 1.79. The molecule has 12 N–H and O–H groups in total. The van der Waals surface area contributed by atoms with Gasteiger partial charge in [0, 0.05) is 40.3 Å². The minimum Gasteiger partial charge on any atom is -0.370 e. The van der Waals surface area contributed by atoms with E-state index < -0.39 is 0 Å². The fraction of sp³-hybridized carbons (Fsp3) is 0.636. The summed E-state index contributed by atoms with van der Waals surface area (Å²) >= 11 is 0. The topological polar surface area (TPSA) is 224 Å². The lowest BCUT2D eigenvalue weighted by Gasteiger charge is -1.92. The molecule has 128 valence electrons. The Morgan fingerprint density at radius 3 is 0.762 bits per heavy atom. The Kier molecular flexibility index (Phi) is 39.3. The molecule has 0 aliphatic heterocycles. The molecular weight excluding hydrogens is 280 g/mol. The highest BCUT2D eigenvalue weighted by Crippen LogP contribution is 1.59. The molecular formula is C11H30N6O4. The van der Waals surface area contributed by atoms with Gasteiger partial charge in [-0.25, -0.2) is 0 Å². The molecule has 10 heteroatoms. The maximum absolute atomic E-state index is 9.22. The van der Waals surface area contributed by atoms with E-state index in [9.17, 15) is 19.2 Å². The Bertz CT molecular complexity index is 218. The van der Waals surface area contributed by atoms with Crippen LogP contribution in [0.3, 0.4) is 0 Å². The molecule has 0 radical (unpaired) electrons. The van der Waals surface area contributed by atoms with Crippen LogP contribution in [0.2, 0.25) is 0 Å². The van der Waals surface area contributed by atoms with Crippen molar-refractivity contribution in [2.24, 2.45) is 34.4 Å². The highest BCUT2D eigenvalue weighted by molar-refractivity contribution is 5.71. The van der Waals surface area contributed by atoms with Crippen LogP contribution in [-0.4, -0.2) is 36.2 Å². The van der Waals surface area contributed by atoms with Crippen molar-refractivity contribution in [1.29, 1.82) is 0 Å². The molecule has 0 rings (SSSR count). The van der Waals surface area contributed by atoms with E-state index in [1.165, 1.54) is 27.7 Å². The summed E-state index contributed by atoms with van der Waals surface area (Å²) in [4.78, 5) is 36.9. The van der Waals surface area contributed by atoms with Crippen molar-refractivity contribution in [3.05, 3.63) is 0 Å². The third kappa shape index (κ3) is 111000. The van der Waals surface area contributed by atoms with Gasteiger partial charge < -0.3 is 34.4 Å². The van der Waals surface area contributed by atoms with Crippen molar-refractivity contribution >= 4 is 23.6 Å². The van der Waals surface area contributed by atoms with E-state index in [2.05, 4.69) is 22.9 Å². The predicted molar refractivity (Wildman–Crippen MR) is 82.2 cm³/mol. The van der Waals surface area contributed by atoms with Crippen LogP contribution in [0.4, 0.5) is 0 Å². The molecule has 1 atom stereocenters. The van der Waals surface area contributed by atoms with Crippen LogP contribution in [0.1, 0.15) is 34.6 Å². The van der Waals surface area contributed by atoms with Crippen molar-refractivity contribution in [3.8, 4) is 0 Å². The van der Waals surface area contributed by atoms with Crippen molar-refractivity contribution < 1.29 is 19.2 Å². The molecule has 10 nitrogen and oxygen atoms in total. The first-order valence-corrected chi connectivity index (χ1v) is 5.70. The second-order valence-electron chi connectivity index (χ2n) is 3.66. The van der Waals surface area contributed by atoms with Gasteiger partial charge in [-0.3, -0.25) is 19.2 Å². The molecule has 4 amide bonds. The minimum absolute atomic E-state index is 0.162. The summed E-state index contributed by atoms with van der Waals surface area (Å²) < 4.78 is 0. The molecule has 1 unspecified atom stereocenters. The van der Waals surface area contributed by atoms with E-state index in [1.807, 2.05) is 6.92 Å². The quantitative estimate of drug-likeness (QED) is 0.301. The normalized spacial score (nSPS) is 8.33. The van der Waals surface area contributed by atoms with Crippen LogP contribution in [0.5, 0.6) is 0 Å². The Morgan fingerprint density at radius 1 is 0.714 bits per heavy atom. The van der Waals surface area contributed by atoms with Crippen LogP contribution >= 0.6 is 0 Å². The average Bonchev–Trinajstić information content (AvgIpc) is 2.13. The molecule has 0 aliphatic carbocycles. The third-order valence-electron chi connectivity index (χ3n) is 0.372. The molecule has 0 aromatic carbocycles. The van der Waals surface area contributed by atoms with E-state index in [-0.39, 0.29) is 29.7 Å². The zero-order chi connectivity index (χ0) is 18.6. The number of primary amides is 4. The first-order valence-electron chi connectivity index (χ1n) is 5.70. The molecule has 0 spiro atoms. The number of nitrogens with two attached hydrogens (primary N) is 6. The van der Waals surface area contributed by atoms with Gasteiger partial charge in [0.25, 0.3) is 0 Å². The molecule has 0 bridgehead atoms. The van der Waals surface area contributed by atoms with Crippen LogP contribution < -0.4 is 34.4 Å². The smallest absolute Gasteiger partial charge is 0.214 e. The molecule has 21 heavy (non-hydrogen) atoms. The van der Waals surface area contributed by atoms with Gasteiger partial charge in [-0.2, -0.15) is 0 Å². The lowest BCUT2D eigenvalue weighted by molar-refractivity contribution is -0.116. The molecule has 0 saturated heterocycles. The molecule has 0 aromatic rings. The fourth-order valence-electron chi connectivity index (χ4n) is 0. The number of hydrogen-bond acceptors (Lipinski definition) is 6. The number of carbonyl (C=O) groups excluding carboxylic acids is 4. The largest absolute Gasteiger partial charge is 0.370 e. The van der Waals surface area contributed by atoms with Crippen molar-refractivity contribution in [2.75, 3.05) is 6.54 Å². The van der Waals surface area contributed by atoms with E-state index in [4.69, 9.17) is 11.5 Å². The van der Waals surface area contributed by atoms with Crippen molar-refractivity contribution in [3.63, 3.8) is 0 Å². The SMILES string of the molecule is CC(N)=O.CC(N)=O.CC(N)=O.CC(N)=O.CC(N)CN. The Balaban J connectivity index is -0.0000000510. The maximum atomic E-state index is 9.22. The van der Waals surface area contributed by atoms with Crippen molar-refractivity contribution in [1.82, 2.24) is 0 Å². The fourth-order valence-corrected chi connectivity index (χ4v) is 0. The molecule has 0 aromatic heterocycles. The van der Waals surface area contributed by atoms with Crippen LogP contribution in [0.15, 0.2) is 0 Å². The van der Waals surface area contributed by atoms with Gasteiger partial charge in [-0.1, -0.05) is 0 Å². The number of rotatable bonds is 1. The molecule has 0 saturated carbocycles. The second kappa shape index (κ2) is 26.4. The first kappa shape index (κ1) is 31.3. The summed E-state index contributed by atoms with van der Waals surface area (Å²) in [5.74, 6) is -1.33.